The Morgan fingerprint density at radius 2 is 0.423 bits per heavy atom. The average Bonchev–Trinajstić information content (AvgIpc) is 3.43. The van der Waals surface area contributed by atoms with Gasteiger partial charge in [-0.15, -0.1) is 0 Å². The topological polar surface area (TPSA) is 40.5 Å². The lowest BCUT2D eigenvalue weighted by atomic mass is 9.59. The van der Waals surface area contributed by atoms with E-state index in [1.54, 1.807) is 0 Å². The van der Waals surface area contributed by atoms with E-state index in [4.69, 9.17) is 0 Å². The van der Waals surface area contributed by atoms with E-state index in [0.717, 1.165) is 0 Å². The van der Waals surface area contributed by atoms with Gasteiger partial charge in [-0.25, -0.2) is 0 Å². The Morgan fingerprint density at radius 1 is 0.256 bits per heavy atom. The smallest absolute Gasteiger partial charge is 0.157 e. The molecule has 0 saturated heterocycles. The fourth-order valence-corrected chi connectivity index (χ4v) is 14.4. The fraction of sp³-hybridized carbons (Fsp3) is 0.921. The minimum Gasteiger partial charge on any atom is -0.504 e. The van der Waals surface area contributed by atoms with Gasteiger partial charge in [-0.1, -0.05) is 389 Å². The average molecular weight is 1090 g/mol. The van der Waals surface area contributed by atoms with E-state index in [0.29, 0.717) is 11.8 Å². The molecule has 78 heavy (non-hydrogen) atoms. The van der Waals surface area contributed by atoms with E-state index in [1.807, 2.05) is 0 Å². The Bertz CT molecular complexity index is 1280. The van der Waals surface area contributed by atoms with Crippen LogP contribution in [0.15, 0.2) is 12.1 Å². The predicted octanol–water partition coefficient (Wildman–Crippen LogP) is 27.6. The number of benzene rings is 1. The molecule has 1 rings (SSSR count). The van der Waals surface area contributed by atoms with Crippen molar-refractivity contribution in [2.45, 2.75) is 439 Å². The highest BCUT2D eigenvalue weighted by Gasteiger charge is 2.42. The van der Waals surface area contributed by atoms with Crippen molar-refractivity contribution in [3.05, 3.63) is 23.3 Å². The number of phenolic OH excluding ortho intramolecular Hbond substituents is 2. The molecule has 0 aliphatic rings. The standard InChI is InChI=1S/C76H146O2/c1-9-15-21-27-33-39-45-51-57-63-75(61-55-49-43-37-31-25-19-13-5,67-69(7)59-53-47-41-35-29-23-17-11-3)71-65-73(77)74(78)66-72(71)76(62-56-50-44-38-32-26-20-14-6,64-58-52-46-40-34-28-22-16-10-2)68-70(8)60-54-48-42-36-30-24-18-12-4/h65-66,69-70,77-78H,9-64,67-68H2,1-8H3. The summed E-state index contributed by atoms with van der Waals surface area (Å²) in [6.07, 6.45) is 78.4. The van der Waals surface area contributed by atoms with E-state index in [1.165, 1.54) is 384 Å². The van der Waals surface area contributed by atoms with Gasteiger partial charge in [0.05, 0.1) is 0 Å². The molecule has 2 nitrogen and oxygen atoms in total. The first-order chi connectivity index (χ1) is 38.2. The molecule has 4 atom stereocenters. The molecule has 1 aromatic carbocycles. The van der Waals surface area contributed by atoms with Crippen molar-refractivity contribution < 1.29 is 10.2 Å². The number of phenols is 2. The zero-order valence-electron chi connectivity index (χ0n) is 55.2. The highest BCUT2D eigenvalue weighted by atomic mass is 16.3. The minimum absolute atomic E-state index is 0.00739. The lowest BCUT2D eigenvalue weighted by Crippen LogP contribution is -2.36. The molecule has 2 N–H and O–H groups in total. The lowest BCUT2D eigenvalue weighted by Gasteiger charge is -2.45. The summed E-state index contributed by atoms with van der Waals surface area (Å²) in [6.45, 7) is 19.3. The maximum Gasteiger partial charge on any atom is 0.157 e. The minimum atomic E-state index is 0.00739. The van der Waals surface area contributed by atoms with Crippen LogP contribution in [-0.4, -0.2) is 10.2 Å². The van der Waals surface area contributed by atoms with Crippen molar-refractivity contribution >= 4 is 0 Å². The lowest BCUT2D eigenvalue weighted by molar-refractivity contribution is 0.229. The summed E-state index contributed by atoms with van der Waals surface area (Å²) >= 11 is 0. The van der Waals surface area contributed by atoms with Gasteiger partial charge >= 0.3 is 0 Å². The van der Waals surface area contributed by atoms with Crippen LogP contribution in [0, 0.1) is 11.8 Å². The summed E-state index contributed by atoms with van der Waals surface area (Å²) in [6, 6.07) is 4.46. The molecule has 0 spiro atoms. The molecule has 0 amide bonds. The van der Waals surface area contributed by atoms with Crippen molar-refractivity contribution in [2.75, 3.05) is 0 Å². The molecule has 4 unspecified atom stereocenters. The second kappa shape index (κ2) is 53.8. The molecule has 2 heteroatoms. The largest absolute Gasteiger partial charge is 0.504 e. The number of unbranched alkanes of at least 4 members (excludes halogenated alkanes) is 44. The predicted molar refractivity (Wildman–Crippen MR) is 353 cm³/mol. The molecule has 0 aliphatic carbocycles. The first kappa shape index (κ1) is 74.8. The van der Waals surface area contributed by atoms with E-state index in [2.05, 4.69) is 67.5 Å². The third-order valence-electron chi connectivity index (χ3n) is 19.4. The van der Waals surface area contributed by atoms with Gasteiger partial charge < -0.3 is 10.2 Å². The third kappa shape index (κ3) is 38.6. The first-order valence-corrected chi connectivity index (χ1v) is 36.8. The van der Waals surface area contributed by atoms with Crippen LogP contribution in [0.2, 0.25) is 0 Å². The molecule has 0 radical (unpaired) electrons. The zero-order chi connectivity index (χ0) is 56.9. The second-order valence-electron chi connectivity index (χ2n) is 27.2. The second-order valence-corrected chi connectivity index (χ2v) is 27.2. The quantitative estimate of drug-likeness (QED) is 0.0504. The summed E-state index contributed by atoms with van der Waals surface area (Å²) < 4.78 is 0. The van der Waals surface area contributed by atoms with Gasteiger partial charge in [0.25, 0.3) is 0 Å². The Balaban J connectivity index is 4.01. The zero-order valence-corrected chi connectivity index (χ0v) is 55.2. The van der Waals surface area contributed by atoms with Crippen LogP contribution in [0.1, 0.15) is 439 Å². The summed E-state index contributed by atoms with van der Waals surface area (Å²) in [5.74, 6) is 1.57. The highest BCUT2D eigenvalue weighted by Crippen LogP contribution is 2.53. The SMILES string of the molecule is CCCCCCCCCCCC(CCCCCCCCCC)(CC(C)CCCCCCCCCC)c1cc(O)c(O)cc1C(CCCCCCCCCC)(CCCCCCCCCCC)CC(C)CCCCCCCCCC. The van der Waals surface area contributed by atoms with Crippen LogP contribution in [0.5, 0.6) is 11.5 Å². The summed E-state index contributed by atoms with van der Waals surface area (Å²) in [5.41, 5.74) is 3.01. The van der Waals surface area contributed by atoms with Crippen LogP contribution in [0.4, 0.5) is 0 Å². The van der Waals surface area contributed by atoms with Crippen molar-refractivity contribution in [2.24, 2.45) is 11.8 Å². The van der Waals surface area contributed by atoms with Crippen molar-refractivity contribution in [1.29, 1.82) is 0 Å². The fourth-order valence-electron chi connectivity index (χ4n) is 14.4. The number of aromatic hydroxyl groups is 2. The molecule has 0 heterocycles. The van der Waals surface area contributed by atoms with Gasteiger partial charge in [0.15, 0.2) is 11.5 Å². The van der Waals surface area contributed by atoms with Gasteiger partial charge in [-0.3, -0.25) is 0 Å². The monoisotopic (exact) mass is 1090 g/mol. The van der Waals surface area contributed by atoms with Crippen LogP contribution in [-0.2, 0) is 10.8 Å². The van der Waals surface area contributed by atoms with Crippen molar-refractivity contribution in [1.82, 2.24) is 0 Å². The van der Waals surface area contributed by atoms with E-state index in [9.17, 15) is 10.2 Å². The Hall–Kier alpha value is -1.18. The van der Waals surface area contributed by atoms with E-state index >= 15 is 0 Å². The van der Waals surface area contributed by atoms with Gasteiger partial charge in [-0.05, 0) is 84.5 Å². The van der Waals surface area contributed by atoms with Crippen LogP contribution >= 0.6 is 0 Å². The number of rotatable bonds is 62. The van der Waals surface area contributed by atoms with Crippen molar-refractivity contribution in [3.8, 4) is 11.5 Å². The molecule has 1 aromatic rings. The summed E-state index contributed by atoms with van der Waals surface area (Å²) in [5, 5.41) is 24.1. The highest BCUT2D eigenvalue weighted by molar-refractivity contribution is 5.52. The Labute approximate surface area is 493 Å². The van der Waals surface area contributed by atoms with Crippen molar-refractivity contribution in [3.63, 3.8) is 0 Å². The molecular formula is C76H146O2. The van der Waals surface area contributed by atoms with Crippen LogP contribution in [0.25, 0.3) is 0 Å². The molecular weight excluding hydrogens is 945 g/mol. The van der Waals surface area contributed by atoms with Gasteiger partial charge in [-0.2, -0.15) is 0 Å². The first-order valence-electron chi connectivity index (χ1n) is 36.8. The normalized spacial score (nSPS) is 14.3. The number of hydrogen-bond acceptors (Lipinski definition) is 2. The molecule has 0 aromatic heterocycles. The van der Waals surface area contributed by atoms with Gasteiger partial charge in [0.1, 0.15) is 0 Å². The maximum atomic E-state index is 12.1. The van der Waals surface area contributed by atoms with Crippen LogP contribution < -0.4 is 0 Å². The summed E-state index contributed by atoms with van der Waals surface area (Å²) in [7, 11) is 0. The van der Waals surface area contributed by atoms with E-state index < -0.39 is 0 Å². The van der Waals surface area contributed by atoms with Crippen LogP contribution in [0.3, 0.4) is 0 Å². The molecule has 0 bridgehead atoms. The summed E-state index contributed by atoms with van der Waals surface area (Å²) in [4.78, 5) is 0. The maximum absolute atomic E-state index is 12.1. The Morgan fingerprint density at radius 3 is 0.615 bits per heavy atom. The molecule has 0 fully saturated rings. The third-order valence-corrected chi connectivity index (χ3v) is 19.4. The number of hydrogen-bond donors (Lipinski definition) is 2. The molecule has 0 saturated carbocycles. The Kier molecular flexibility index (Phi) is 51.6. The van der Waals surface area contributed by atoms with Gasteiger partial charge in [0, 0.05) is 0 Å². The molecule has 462 valence electrons. The van der Waals surface area contributed by atoms with Gasteiger partial charge in [0.2, 0.25) is 0 Å². The molecule has 0 aliphatic heterocycles. The van der Waals surface area contributed by atoms with E-state index in [-0.39, 0.29) is 22.3 Å².